The van der Waals surface area contributed by atoms with Crippen LogP contribution in [-0.4, -0.2) is 52.5 Å². The summed E-state index contributed by atoms with van der Waals surface area (Å²) in [5, 5.41) is 0. The summed E-state index contributed by atoms with van der Waals surface area (Å²) in [6.07, 6.45) is 2.17. The predicted octanol–water partition coefficient (Wildman–Crippen LogP) is 1.50. The van der Waals surface area contributed by atoms with E-state index in [0.717, 1.165) is 0 Å². The second kappa shape index (κ2) is 8.56. The lowest BCUT2D eigenvalue weighted by molar-refractivity contribution is -0.145. The second-order valence-corrected chi connectivity index (χ2v) is 5.47. The monoisotopic (exact) mass is 339 g/mol. The lowest BCUT2D eigenvalue weighted by Crippen LogP contribution is -2.31. The summed E-state index contributed by atoms with van der Waals surface area (Å²) < 4.78 is 24.5. The van der Waals surface area contributed by atoms with E-state index in [9.17, 15) is 14.0 Å². The minimum Gasteiger partial charge on any atom is -0.470 e. The van der Waals surface area contributed by atoms with Gasteiger partial charge < -0.3 is 14.4 Å². The number of halogens is 1. The number of rotatable bonds is 7. The molecule has 0 bridgehead atoms. The van der Waals surface area contributed by atoms with Crippen molar-refractivity contribution in [1.29, 1.82) is 0 Å². The summed E-state index contributed by atoms with van der Waals surface area (Å²) in [6.45, 7) is 4.69. The van der Waals surface area contributed by atoms with Crippen LogP contribution >= 0.6 is 0 Å². The Balaban J connectivity index is 1.85. The third kappa shape index (κ3) is 4.62. The molecule has 1 atom stereocenters. The van der Waals surface area contributed by atoms with Crippen LogP contribution in [0.4, 0.5) is 4.39 Å². The normalized spacial score (nSPS) is 17.0. The maximum Gasteiger partial charge on any atom is 0.306 e. The minimum absolute atomic E-state index is 0.0646. The number of aromatic nitrogens is 2. The molecule has 1 aliphatic heterocycles. The van der Waals surface area contributed by atoms with Crippen molar-refractivity contribution >= 4 is 11.9 Å². The summed E-state index contributed by atoms with van der Waals surface area (Å²) >= 11 is 0. The van der Waals surface area contributed by atoms with Gasteiger partial charge in [0, 0.05) is 19.4 Å². The molecule has 0 radical (unpaired) electrons. The second-order valence-electron chi connectivity index (χ2n) is 5.47. The van der Waals surface area contributed by atoms with Crippen molar-refractivity contribution in [2.45, 2.75) is 45.6 Å². The molecule has 1 aromatic heterocycles. The molecule has 8 heteroatoms. The number of esters is 1. The lowest BCUT2D eigenvalue weighted by atomic mass is 10.3. The third-order valence-corrected chi connectivity index (χ3v) is 3.79. The van der Waals surface area contributed by atoms with E-state index in [2.05, 4.69) is 9.97 Å². The standard InChI is InChI=1S/C16H22FN3O4/c1-3-12-15(17)16(19-10-18-12)24-11-7-8-20(9-11)13(21)5-6-14(22)23-4-2/h10-11H,3-9H2,1-2H3/t11-/m0/s1. The number of hydrogen-bond donors (Lipinski definition) is 0. The Bertz CT molecular complexity index is 597. The van der Waals surface area contributed by atoms with Crippen molar-refractivity contribution in [3.05, 3.63) is 17.8 Å². The van der Waals surface area contributed by atoms with Gasteiger partial charge in [0.25, 0.3) is 5.88 Å². The molecule has 0 unspecified atom stereocenters. The van der Waals surface area contributed by atoms with Crippen LogP contribution in [0.5, 0.6) is 5.88 Å². The van der Waals surface area contributed by atoms with Crippen LogP contribution in [0.15, 0.2) is 6.33 Å². The average Bonchev–Trinajstić information content (AvgIpc) is 3.03. The van der Waals surface area contributed by atoms with Crippen LogP contribution in [0.25, 0.3) is 0 Å². The molecular weight excluding hydrogens is 317 g/mol. The van der Waals surface area contributed by atoms with Crippen LogP contribution in [0.1, 0.15) is 38.8 Å². The zero-order valence-corrected chi connectivity index (χ0v) is 14.0. The number of nitrogens with zero attached hydrogens (tertiary/aromatic N) is 3. The van der Waals surface area contributed by atoms with Gasteiger partial charge in [-0.2, -0.15) is 9.37 Å². The van der Waals surface area contributed by atoms with Gasteiger partial charge in [0.2, 0.25) is 11.7 Å². The topological polar surface area (TPSA) is 81.6 Å². The first-order valence-electron chi connectivity index (χ1n) is 8.14. The third-order valence-electron chi connectivity index (χ3n) is 3.79. The Morgan fingerprint density at radius 2 is 2.12 bits per heavy atom. The van der Waals surface area contributed by atoms with Gasteiger partial charge in [-0.3, -0.25) is 9.59 Å². The molecule has 1 aliphatic rings. The largest absolute Gasteiger partial charge is 0.470 e. The fourth-order valence-corrected chi connectivity index (χ4v) is 2.53. The van der Waals surface area contributed by atoms with Crippen LogP contribution < -0.4 is 4.74 Å². The predicted molar refractivity (Wildman–Crippen MR) is 82.8 cm³/mol. The summed E-state index contributed by atoms with van der Waals surface area (Å²) in [6, 6.07) is 0. The quantitative estimate of drug-likeness (QED) is 0.700. The van der Waals surface area contributed by atoms with Gasteiger partial charge in [-0.05, 0) is 13.3 Å². The molecule has 2 rings (SSSR count). The number of aryl methyl sites for hydroxylation is 1. The van der Waals surface area contributed by atoms with Crippen molar-refractivity contribution in [2.75, 3.05) is 19.7 Å². The molecular formula is C16H22FN3O4. The maximum atomic E-state index is 14.1. The van der Waals surface area contributed by atoms with E-state index in [1.54, 1.807) is 18.7 Å². The first-order valence-corrected chi connectivity index (χ1v) is 8.14. The molecule has 0 aliphatic carbocycles. The van der Waals surface area contributed by atoms with Gasteiger partial charge in [0.1, 0.15) is 12.4 Å². The van der Waals surface area contributed by atoms with E-state index in [-0.39, 0.29) is 36.7 Å². The van der Waals surface area contributed by atoms with Gasteiger partial charge in [-0.15, -0.1) is 0 Å². The number of carbonyl (C=O) groups is 2. The highest BCUT2D eigenvalue weighted by Crippen LogP contribution is 2.21. The Hall–Kier alpha value is -2.25. The molecule has 132 valence electrons. The minimum atomic E-state index is -0.549. The van der Waals surface area contributed by atoms with Crippen molar-refractivity contribution in [2.24, 2.45) is 0 Å². The zero-order chi connectivity index (χ0) is 17.5. The zero-order valence-electron chi connectivity index (χ0n) is 14.0. The summed E-state index contributed by atoms with van der Waals surface area (Å²) in [4.78, 5) is 32.7. The van der Waals surface area contributed by atoms with Gasteiger partial charge in [0.05, 0.1) is 25.3 Å². The molecule has 1 aromatic rings. The van der Waals surface area contributed by atoms with Crippen LogP contribution in [0.3, 0.4) is 0 Å². The number of hydrogen-bond acceptors (Lipinski definition) is 6. The number of amides is 1. The fraction of sp³-hybridized carbons (Fsp3) is 0.625. The number of carbonyl (C=O) groups excluding carboxylic acids is 2. The fourth-order valence-electron chi connectivity index (χ4n) is 2.53. The SMILES string of the molecule is CCOC(=O)CCC(=O)N1CC[C@H](Oc2ncnc(CC)c2F)C1. The van der Waals surface area contributed by atoms with E-state index in [1.807, 2.05) is 0 Å². The van der Waals surface area contributed by atoms with E-state index >= 15 is 0 Å². The van der Waals surface area contributed by atoms with E-state index in [1.165, 1.54) is 6.33 Å². The Morgan fingerprint density at radius 1 is 1.33 bits per heavy atom. The Labute approximate surface area is 140 Å². The molecule has 0 spiro atoms. The first kappa shape index (κ1) is 18.1. The number of likely N-dealkylation sites (tertiary alicyclic amines) is 1. The van der Waals surface area contributed by atoms with Gasteiger partial charge >= 0.3 is 5.97 Å². The Kier molecular flexibility index (Phi) is 6.45. The van der Waals surface area contributed by atoms with Crippen LogP contribution in [-0.2, 0) is 20.7 Å². The highest BCUT2D eigenvalue weighted by Gasteiger charge is 2.29. The summed E-state index contributed by atoms with van der Waals surface area (Å²) in [5.41, 5.74) is 0.306. The van der Waals surface area contributed by atoms with Gasteiger partial charge in [0.15, 0.2) is 0 Å². The molecule has 1 saturated heterocycles. The molecule has 2 heterocycles. The molecule has 1 amide bonds. The lowest BCUT2D eigenvalue weighted by Gasteiger charge is -2.17. The highest BCUT2D eigenvalue weighted by atomic mass is 19.1. The summed E-state index contributed by atoms with van der Waals surface area (Å²) in [5.74, 6) is -1.14. The van der Waals surface area contributed by atoms with E-state index in [0.29, 0.717) is 38.2 Å². The molecule has 7 nitrogen and oxygen atoms in total. The molecule has 0 saturated carbocycles. The van der Waals surface area contributed by atoms with Crippen LogP contribution in [0.2, 0.25) is 0 Å². The van der Waals surface area contributed by atoms with Crippen molar-refractivity contribution in [3.8, 4) is 5.88 Å². The Morgan fingerprint density at radius 3 is 2.83 bits per heavy atom. The number of ether oxygens (including phenoxy) is 2. The van der Waals surface area contributed by atoms with Crippen molar-refractivity contribution in [3.63, 3.8) is 0 Å². The summed E-state index contributed by atoms with van der Waals surface area (Å²) in [7, 11) is 0. The van der Waals surface area contributed by atoms with Crippen LogP contribution in [0, 0.1) is 5.82 Å². The highest BCUT2D eigenvalue weighted by molar-refractivity contribution is 5.81. The van der Waals surface area contributed by atoms with Gasteiger partial charge in [-0.25, -0.2) is 4.98 Å². The maximum absolute atomic E-state index is 14.1. The smallest absolute Gasteiger partial charge is 0.306 e. The first-order chi connectivity index (χ1) is 11.5. The molecule has 0 aromatic carbocycles. The molecule has 0 N–H and O–H groups in total. The van der Waals surface area contributed by atoms with Crippen molar-refractivity contribution < 1.29 is 23.5 Å². The van der Waals surface area contributed by atoms with E-state index in [4.69, 9.17) is 9.47 Å². The van der Waals surface area contributed by atoms with Gasteiger partial charge in [-0.1, -0.05) is 6.92 Å². The molecule has 24 heavy (non-hydrogen) atoms. The van der Waals surface area contributed by atoms with Crippen molar-refractivity contribution in [1.82, 2.24) is 14.9 Å². The molecule has 1 fully saturated rings. The van der Waals surface area contributed by atoms with E-state index < -0.39 is 5.82 Å². The average molecular weight is 339 g/mol.